The van der Waals surface area contributed by atoms with E-state index in [1.54, 1.807) is 0 Å². The normalized spacial score (nSPS) is 36.0. The van der Waals surface area contributed by atoms with E-state index < -0.39 is 0 Å². The quantitative estimate of drug-likeness (QED) is 0.779. The van der Waals surface area contributed by atoms with Crippen molar-refractivity contribution in [3.63, 3.8) is 0 Å². The summed E-state index contributed by atoms with van der Waals surface area (Å²) in [6.45, 7) is 5.94. The van der Waals surface area contributed by atoms with Gasteiger partial charge in [-0.15, -0.1) is 24.8 Å². The molecule has 0 spiro atoms. The number of halogens is 2. The van der Waals surface area contributed by atoms with Crippen molar-refractivity contribution in [1.82, 2.24) is 4.90 Å². The Morgan fingerprint density at radius 1 is 1.20 bits per heavy atom. The van der Waals surface area contributed by atoms with Gasteiger partial charge in [0.1, 0.15) is 0 Å². The highest BCUT2D eigenvalue weighted by molar-refractivity contribution is 5.85. The van der Waals surface area contributed by atoms with Crippen LogP contribution in [0.25, 0.3) is 0 Å². The number of hydrogen-bond acceptors (Lipinski definition) is 2. The van der Waals surface area contributed by atoms with Crippen molar-refractivity contribution < 1.29 is 0 Å². The molecule has 0 amide bonds. The van der Waals surface area contributed by atoms with Crippen molar-refractivity contribution in [1.29, 1.82) is 0 Å². The molecular formula is C11H24Cl2N2. The number of nitrogens with zero attached hydrogens (tertiary/aromatic N) is 1. The molecule has 92 valence electrons. The molecule has 0 aliphatic carbocycles. The lowest BCUT2D eigenvalue weighted by molar-refractivity contribution is -0.0184. The van der Waals surface area contributed by atoms with Crippen LogP contribution in [0, 0.1) is 5.92 Å². The minimum atomic E-state index is 0. The predicted octanol–water partition coefficient (Wildman–Crippen LogP) is 2.44. The van der Waals surface area contributed by atoms with Crippen LogP contribution in [0.4, 0.5) is 0 Å². The van der Waals surface area contributed by atoms with E-state index in [1.165, 1.54) is 45.2 Å². The third kappa shape index (κ3) is 2.79. The Bertz CT molecular complexity index is 179. The molecule has 2 aliphatic heterocycles. The number of nitrogens with two attached hydrogens (primary N) is 1. The lowest BCUT2D eigenvalue weighted by Crippen LogP contribution is -2.59. The first-order chi connectivity index (χ1) is 6.27. The summed E-state index contributed by atoms with van der Waals surface area (Å²) in [6.07, 6.45) is 6.88. The van der Waals surface area contributed by atoms with Gasteiger partial charge in [0.2, 0.25) is 0 Å². The topological polar surface area (TPSA) is 29.3 Å². The van der Waals surface area contributed by atoms with Crippen molar-refractivity contribution in [3.05, 3.63) is 0 Å². The maximum atomic E-state index is 5.87. The Hall–Kier alpha value is 0.500. The molecule has 0 aromatic rings. The average Bonchev–Trinajstić information content (AvgIpc) is 2.16. The molecule has 0 radical (unpaired) electrons. The van der Waals surface area contributed by atoms with Crippen LogP contribution >= 0.6 is 24.8 Å². The highest BCUT2D eigenvalue weighted by Crippen LogP contribution is 2.39. The van der Waals surface area contributed by atoms with E-state index >= 15 is 0 Å². The Labute approximate surface area is 106 Å². The Morgan fingerprint density at radius 2 is 1.87 bits per heavy atom. The third-order valence-corrected chi connectivity index (χ3v) is 4.23. The molecule has 0 saturated carbocycles. The van der Waals surface area contributed by atoms with Crippen LogP contribution < -0.4 is 5.73 Å². The molecule has 0 bridgehead atoms. The van der Waals surface area contributed by atoms with Gasteiger partial charge in [-0.25, -0.2) is 0 Å². The van der Waals surface area contributed by atoms with Gasteiger partial charge in [-0.2, -0.15) is 0 Å². The Morgan fingerprint density at radius 3 is 2.53 bits per heavy atom. The van der Waals surface area contributed by atoms with Crippen LogP contribution in [0.15, 0.2) is 0 Å². The molecule has 2 fully saturated rings. The van der Waals surface area contributed by atoms with Crippen LogP contribution in [0.2, 0.25) is 0 Å². The summed E-state index contributed by atoms with van der Waals surface area (Å²) >= 11 is 0. The van der Waals surface area contributed by atoms with E-state index in [0.29, 0.717) is 5.54 Å². The molecule has 4 heteroatoms. The largest absolute Gasteiger partial charge is 0.330 e. The second-order valence-electron chi connectivity index (χ2n) is 4.88. The van der Waals surface area contributed by atoms with Crippen LogP contribution in [-0.2, 0) is 0 Å². The number of hydrogen-bond donors (Lipinski definition) is 1. The second kappa shape index (κ2) is 6.29. The summed E-state index contributed by atoms with van der Waals surface area (Å²) in [5.41, 5.74) is 6.32. The molecule has 15 heavy (non-hydrogen) atoms. The highest BCUT2D eigenvalue weighted by Gasteiger charge is 2.42. The molecule has 2 rings (SSSR count). The van der Waals surface area contributed by atoms with Crippen LogP contribution in [0.3, 0.4) is 0 Å². The van der Waals surface area contributed by atoms with Crippen molar-refractivity contribution in [2.75, 3.05) is 19.6 Å². The van der Waals surface area contributed by atoms with Gasteiger partial charge in [0.15, 0.2) is 0 Å². The zero-order valence-corrected chi connectivity index (χ0v) is 11.2. The number of rotatable bonds is 1. The van der Waals surface area contributed by atoms with Gasteiger partial charge in [-0.1, -0.05) is 6.42 Å². The summed E-state index contributed by atoms with van der Waals surface area (Å²) in [4.78, 5) is 2.69. The van der Waals surface area contributed by atoms with Gasteiger partial charge >= 0.3 is 0 Å². The molecule has 2 saturated heterocycles. The van der Waals surface area contributed by atoms with Crippen LogP contribution in [0.5, 0.6) is 0 Å². The summed E-state index contributed by atoms with van der Waals surface area (Å²) in [7, 11) is 0. The van der Waals surface area contributed by atoms with Crippen molar-refractivity contribution in [2.24, 2.45) is 11.7 Å². The second-order valence-corrected chi connectivity index (χ2v) is 4.88. The lowest BCUT2D eigenvalue weighted by Gasteiger charge is -2.53. The molecule has 2 aliphatic rings. The number of fused-ring (bicyclic) bond motifs is 1. The summed E-state index contributed by atoms with van der Waals surface area (Å²) < 4.78 is 0. The summed E-state index contributed by atoms with van der Waals surface area (Å²) in [6, 6.07) is 0. The fourth-order valence-corrected chi connectivity index (χ4v) is 3.24. The molecule has 2 N–H and O–H groups in total. The SMILES string of the molecule is C[C@]12CCCCN1CCC[C@H]2CN.Cl.Cl. The molecule has 0 unspecified atom stereocenters. The maximum Gasteiger partial charge on any atom is 0.0221 e. The van der Waals surface area contributed by atoms with E-state index in [4.69, 9.17) is 5.73 Å². The van der Waals surface area contributed by atoms with Crippen LogP contribution in [-0.4, -0.2) is 30.1 Å². The van der Waals surface area contributed by atoms with Gasteiger partial charge in [-0.3, -0.25) is 4.90 Å². The van der Waals surface area contributed by atoms with Gasteiger partial charge in [0, 0.05) is 5.54 Å². The fourth-order valence-electron chi connectivity index (χ4n) is 3.24. The van der Waals surface area contributed by atoms with Gasteiger partial charge < -0.3 is 5.73 Å². The first-order valence-electron chi connectivity index (χ1n) is 5.72. The van der Waals surface area contributed by atoms with Gasteiger partial charge in [-0.05, 0) is 58.2 Å². The Balaban J connectivity index is 0.000000980. The van der Waals surface area contributed by atoms with E-state index in [-0.39, 0.29) is 24.8 Å². The van der Waals surface area contributed by atoms with E-state index in [0.717, 1.165) is 12.5 Å². The van der Waals surface area contributed by atoms with E-state index in [1.807, 2.05) is 0 Å². The Kier molecular flexibility index (Phi) is 6.50. The molecule has 2 heterocycles. The first-order valence-corrected chi connectivity index (χ1v) is 5.72. The molecule has 2 atom stereocenters. The highest BCUT2D eigenvalue weighted by atomic mass is 35.5. The predicted molar refractivity (Wildman–Crippen MR) is 70.1 cm³/mol. The molecule has 0 aromatic heterocycles. The molecular weight excluding hydrogens is 231 g/mol. The minimum Gasteiger partial charge on any atom is -0.330 e. The van der Waals surface area contributed by atoms with E-state index in [9.17, 15) is 0 Å². The lowest BCUT2D eigenvalue weighted by atomic mass is 9.72. The zero-order valence-electron chi connectivity index (χ0n) is 9.58. The fraction of sp³-hybridized carbons (Fsp3) is 1.00. The molecule has 2 nitrogen and oxygen atoms in total. The number of piperidine rings is 2. The first kappa shape index (κ1) is 15.5. The minimum absolute atomic E-state index is 0. The summed E-state index contributed by atoms with van der Waals surface area (Å²) in [5.74, 6) is 0.751. The van der Waals surface area contributed by atoms with Gasteiger partial charge in [0.05, 0.1) is 0 Å². The van der Waals surface area contributed by atoms with Gasteiger partial charge in [0.25, 0.3) is 0 Å². The average molecular weight is 255 g/mol. The standard InChI is InChI=1S/C11H22N2.2ClH/c1-11-6-2-3-7-13(11)8-4-5-10(11)9-12;;/h10H,2-9,12H2,1H3;2*1H/t10-,11+;;/m0../s1. The maximum absolute atomic E-state index is 5.87. The van der Waals surface area contributed by atoms with Crippen LogP contribution in [0.1, 0.15) is 39.0 Å². The van der Waals surface area contributed by atoms with Crippen molar-refractivity contribution in [3.8, 4) is 0 Å². The van der Waals surface area contributed by atoms with Crippen molar-refractivity contribution >= 4 is 24.8 Å². The van der Waals surface area contributed by atoms with Crippen molar-refractivity contribution in [2.45, 2.75) is 44.6 Å². The van der Waals surface area contributed by atoms with E-state index in [2.05, 4.69) is 11.8 Å². The zero-order chi connectivity index (χ0) is 9.31. The smallest absolute Gasteiger partial charge is 0.0221 e. The monoisotopic (exact) mass is 254 g/mol. The summed E-state index contributed by atoms with van der Waals surface area (Å²) in [5, 5.41) is 0. The molecule has 0 aromatic carbocycles. The third-order valence-electron chi connectivity index (χ3n) is 4.23.